The molecule has 3 rings (SSSR count). The molecule has 1 atom stereocenters. The molecule has 2 aromatic heterocycles. The number of carboxylic acids is 1. The molecule has 0 bridgehead atoms. The molecule has 1 unspecified atom stereocenters. The van der Waals surface area contributed by atoms with Crippen LogP contribution in [0, 0.1) is 0 Å². The molecule has 0 spiro atoms. The summed E-state index contributed by atoms with van der Waals surface area (Å²) in [5, 5.41) is 12.7. The third-order valence-corrected chi connectivity index (χ3v) is 7.66. The van der Waals surface area contributed by atoms with Gasteiger partial charge in [-0.2, -0.15) is 0 Å². The van der Waals surface area contributed by atoms with E-state index in [2.05, 4.69) is 29.9 Å². The molecule has 2 N–H and O–H groups in total. The van der Waals surface area contributed by atoms with Gasteiger partial charge in [0.1, 0.15) is 24.2 Å². The van der Waals surface area contributed by atoms with Crippen LogP contribution in [0.25, 0.3) is 22.2 Å². The zero-order valence-electron chi connectivity index (χ0n) is 25.5. The molecule has 12 heteroatoms. The Labute approximate surface area is 247 Å². The molecule has 0 aliphatic rings. The minimum atomic E-state index is -1.31. The molecule has 1 amide bonds. The number of carbonyl (C=O) groups is 2. The van der Waals surface area contributed by atoms with Crippen LogP contribution in [0.4, 0.5) is 4.79 Å². The van der Waals surface area contributed by atoms with Gasteiger partial charge < -0.3 is 33.9 Å². The Morgan fingerprint density at radius 3 is 2.55 bits per heavy atom. The summed E-state index contributed by atoms with van der Waals surface area (Å²) in [5.74, 6) is -0.187. The highest BCUT2D eigenvalue weighted by Crippen LogP contribution is 2.32. The average Bonchev–Trinajstić information content (AvgIpc) is 3.31. The van der Waals surface area contributed by atoms with E-state index in [4.69, 9.17) is 29.0 Å². The van der Waals surface area contributed by atoms with Gasteiger partial charge in [0.2, 0.25) is 5.88 Å². The van der Waals surface area contributed by atoms with Crippen molar-refractivity contribution in [2.75, 3.05) is 26.9 Å². The molecule has 3 aromatic rings. The molecule has 11 nitrogen and oxygen atoms in total. The SMILES string of the molecule is COc1nc2ccccc2cc1-c1cn(COCC[Si](C)(C)C)c(C(COCC=CC(=O)O)NC(=O)OC(C)(C)C)n1. The number of carbonyl (C=O) groups excluding carboxylic acids is 1. The lowest BCUT2D eigenvalue weighted by Gasteiger charge is -2.24. The number of nitrogens with zero attached hydrogens (tertiary/aromatic N) is 3. The number of methoxy groups -OCH3 is 1. The lowest BCUT2D eigenvalue weighted by atomic mass is 10.1. The Hall–Kier alpha value is -3.74. The number of fused-ring (bicyclic) bond motifs is 1. The number of para-hydroxylation sites is 1. The van der Waals surface area contributed by atoms with Crippen molar-refractivity contribution >= 4 is 31.0 Å². The topological polar surface area (TPSA) is 134 Å². The van der Waals surface area contributed by atoms with Crippen LogP contribution in [0.1, 0.15) is 32.6 Å². The lowest BCUT2D eigenvalue weighted by molar-refractivity contribution is -0.131. The fourth-order valence-corrected chi connectivity index (χ4v) is 4.71. The third kappa shape index (κ3) is 10.3. The summed E-state index contributed by atoms with van der Waals surface area (Å²) in [5.41, 5.74) is 1.33. The number of alkyl carbamates (subject to hydrolysis) is 1. The number of carboxylic acid groups (broad SMARTS) is 1. The van der Waals surface area contributed by atoms with E-state index in [9.17, 15) is 9.59 Å². The first-order valence-corrected chi connectivity index (χ1v) is 17.5. The molecule has 0 saturated carbocycles. The highest BCUT2D eigenvalue weighted by Gasteiger charge is 2.26. The second-order valence-electron chi connectivity index (χ2n) is 12.0. The number of hydrogen-bond acceptors (Lipinski definition) is 8. The summed E-state index contributed by atoms with van der Waals surface area (Å²) in [6.45, 7) is 13.0. The first kappa shape index (κ1) is 32.8. The number of aliphatic carboxylic acids is 1. The Kier molecular flexibility index (Phi) is 11.3. The van der Waals surface area contributed by atoms with E-state index < -0.39 is 31.8 Å². The first-order chi connectivity index (χ1) is 19.8. The predicted octanol–water partition coefficient (Wildman–Crippen LogP) is 5.64. The number of benzene rings is 1. The smallest absolute Gasteiger partial charge is 0.408 e. The molecule has 0 aliphatic heterocycles. The lowest BCUT2D eigenvalue weighted by Crippen LogP contribution is -2.38. The quantitative estimate of drug-likeness (QED) is 0.137. The number of ether oxygens (including phenoxy) is 4. The van der Waals surface area contributed by atoms with Crippen molar-refractivity contribution in [2.24, 2.45) is 0 Å². The van der Waals surface area contributed by atoms with Gasteiger partial charge in [0.15, 0.2) is 0 Å². The van der Waals surface area contributed by atoms with Crippen molar-refractivity contribution in [3.05, 3.63) is 54.5 Å². The maximum absolute atomic E-state index is 12.9. The number of hydrogen-bond donors (Lipinski definition) is 2. The fraction of sp³-hybridized carbons (Fsp3) is 0.467. The molecule has 0 saturated heterocycles. The highest BCUT2D eigenvalue weighted by atomic mass is 28.3. The van der Waals surface area contributed by atoms with Crippen LogP contribution >= 0.6 is 0 Å². The summed E-state index contributed by atoms with van der Waals surface area (Å²) in [7, 11) is 0.247. The van der Waals surface area contributed by atoms with Crippen molar-refractivity contribution in [2.45, 2.75) is 64.8 Å². The largest absolute Gasteiger partial charge is 0.480 e. The van der Waals surface area contributed by atoms with Gasteiger partial charge in [-0.25, -0.2) is 19.6 Å². The second kappa shape index (κ2) is 14.4. The van der Waals surface area contributed by atoms with Crippen molar-refractivity contribution in [1.82, 2.24) is 19.9 Å². The average molecular weight is 599 g/mol. The van der Waals surface area contributed by atoms with E-state index in [1.54, 1.807) is 27.9 Å². The van der Waals surface area contributed by atoms with Crippen molar-refractivity contribution < 1.29 is 33.6 Å². The van der Waals surface area contributed by atoms with Gasteiger partial charge in [-0.15, -0.1) is 0 Å². The molecule has 0 radical (unpaired) electrons. The zero-order valence-corrected chi connectivity index (χ0v) is 26.5. The summed E-state index contributed by atoms with van der Waals surface area (Å²) in [4.78, 5) is 33.3. The molecule has 0 fully saturated rings. The van der Waals surface area contributed by atoms with E-state index in [1.807, 2.05) is 41.1 Å². The number of pyridine rings is 1. The standard InChI is InChI=1S/C30H42N4O7Si/c1-30(2,3)41-29(37)33-25(19-39-14-10-13-26(35)36)27-31-24(18-34(27)20-40-15-16-42(5,6)7)22-17-21-11-8-9-12-23(21)32-28(22)38-4/h8-13,17-18,25H,14-16,19-20H2,1-7H3,(H,33,37)(H,35,36). The van der Waals surface area contributed by atoms with Gasteiger partial charge in [0.25, 0.3) is 0 Å². The molecular formula is C30H42N4O7Si. The molecule has 0 aliphatic carbocycles. The Morgan fingerprint density at radius 2 is 1.88 bits per heavy atom. The maximum atomic E-state index is 12.9. The zero-order chi connectivity index (χ0) is 30.9. The van der Waals surface area contributed by atoms with Gasteiger partial charge in [-0.1, -0.05) is 43.9 Å². The van der Waals surface area contributed by atoms with Crippen LogP contribution in [0.5, 0.6) is 5.88 Å². The first-order valence-electron chi connectivity index (χ1n) is 13.8. The van der Waals surface area contributed by atoms with E-state index in [1.165, 1.54) is 6.08 Å². The van der Waals surface area contributed by atoms with E-state index in [0.29, 0.717) is 29.6 Å². The second-order valence-corrected chi connectivity index (χ2v) is 17.6. The van der Waals surface area contributed by atoms with Crippen LogP contribution in [0.2, 0.25) is 25.7 Å². The number of nitrogens with one attached hydrogen (secondary N) is 1. The fourth-order valence-electron chi connectivity index (χ4n) is 3.95. The van der Waals surface area contributed by atoms with Gasteiger partial charge in [-0.05, 0) is 38.9 Å². The van der Waals surface area contributed by atoms with Crippen LogP contribution < -0.4 is 10.1 Å². The number of rotatable bonds is 14. The van der Waals surface area contributed by atoms with Crippen molar-refractivity contribution in [3.8, 4) is 17.1 Å². The third-order valence-electron chi connectivity index (χ3n) is 5.95. The van der Waals surface area contributed by atoms with Crippen LogP contribution in [-0.2, 0) is 25.7 Å². The summed E-state index contributed by atoms with van der Waals surface area (Å²) < 4.78 is 24.8. The minimum Gasteiger partial charge on any atom is -0.480 e. The van der Waals surface area contributed by atoms with E-state index in [0.717, 1.165) is 23.0 Å². The maximum Gasteiger partial charge on any atom is 0.408 e. The normalized spacial score (nSPS) is 12.9. The van der Waals surface area contributed by atoms with Gasteiger partial charge in [0.05, 0.1) is 37.1 Å². The Bertz CT molecular complexity index is 1390. The van der Waals surface area contributed by atoms with Crippen LogP contribution in [-0.4, -0.2) is 72.3 Å². The van der Waals surface area contributed by atoms with Crippen LogP contribution in [0.15, 0.2) is 48.7 Å². The molecular weight excluding hydrogens is 556 g/mol. The molecule has 228 valence electrons. The monoisotopic (exact) mass is 598 g/mol. The van der Waals surface area contributed by atoms with Crippen molar-refractivity contribution in [3.63, 3.8) is 0 Å². The van der Waals surface area contributed by atoms with E-state index >= 15 is 0 Å². The number of imidazole rings is 1. The van der Waals surface area contributed by atoms with Crippen molar-refractivity contribution in [1.29, 1.82) is 0 Å². The number of aromatic nitrogens is 3. The molecule has 1 aromatic carbocycles. The van der Waals surface area contributed by atoms with Crippen LogP contribution in [0.3, 0.4) is 0 Å². The summed E-state index contributed by atoms with van der Waals surface area (Å²) >= 11 is 0. The summed E-state index contributed by atoms with van der Waals surface area (Å²) in [6.07, 6.45) is 3.58. The molecule has 2 heterocycles. The Balaban J connectivity index is 2.01. The predicted molar refractivity (Wildman–Crippen MR) is 163 cm³/mol. The van der Waals surface area contributed by atoms with Gasteiger partial charge in [0, 0.05) is 32.3 Å². The summed E-state index contributed by atoms with van der Waals surface area (Å²) in [6, 6.07) is 9.94. The van der Waals surface area contributed by atoms with E-state index in [-0.39, 0.29) is 19.9 Å². The minimum absolute atomic E-state index is 0.00165. The highest BCUT2D eigenvalue weighted by molar-refractivity contribution is 6.76. The number of amides is 1. The van der Waals surface area contributed by atoms with Gasteiger partial charge >= 0.3 is 12.1 Å². The van der Waals surface area contributed by atoms with Gasteiger partial charge in [-0.3, -0.25) is 0 Å². The molecule has 42 heavy (non-hydrogen) atoms. The Morgan fingerprint density at radius 1 is 1.14 bits per heavy atom.